The molecule has 2 aromatic heterocycles. The number of aromatic nitrogens is 1. The number of hydrogen-bond donors (Lipinski definition) is 2. The van der Waals surface area contributed by atoms with Crippen molar-refractivity contribution in [2.45, 2.75) is 6.42 Å². The van der Waals surface area contributed by atoms with Crippen molar-refractivity contribution in [3.05, 3.63) is 59.4 Å². The number of carbonyl (C=O) groups is 1. The number of hydrogen-bond acceptors (Lipinski definition) is 5. The molecule has 2 heterocycles. The quantitative estimate of drug-likeness (QED) is 0.758. The molecular weight excluding hydrogens is 300 g/mol. The van der Waals surface area contributed by atoms with E-state index in [0.29, 0.717) is 17.9 Å². The van der Waals surface area contributed by atoms with Crippen LogP contribution in [-0.2, 0) is 6.42 Å². The lowest BCUT2D eigenvalue weighted by Crippen LogP contribution is -2.13. The number of carbonyl (C=O) groups excluding carboxylic acids is 1. The Morgan fingerprint density at radius 1 is 1.27 bits per heavy atom. The summed E-state index contributed by atoms with van der Waals surface area (Å²) in [6.45, 7) is 0.106. The van der Waals surface area contributed by atoms with Crippen molar-refractivity contribution in [2.24, 2.45) is 0 Å². The lowest BCUT2D eigenvalue weighted by molar-refractivity contribution is 0.102. The number of aliphatic hydroxyl groups is 1. The molecule has 6 heteroatoms. The summed E-state index contributed by atoms with van der Waals surface area (Å²) in [6, 6.07) is 11.1. The Morgan fingerprint density at radius 2 is 2.09 bits per heavy atom. The van der Waals surface area contributed by atoms with Gasteiger partial charge in [0.15, 0.2) is 17.8 Å². The van der Waals surface area contributed by atoms with Gasteiger partial charge in [0.2, 0.25) is 0 Å². The van der Waals surface area contributed by atoms with Crippen LogP contribution in [0, 0.1) is 0 Å². The molecule has 1 amide bonds. The van der Waals surface area contributed by atoms with Crippen LogP contribution >= 0.6 is 11.3 Å². The lowest BCUT2D eigenvalue weighted by atomic mass is 10.1. The zero-order chi connectivity index (χ0) is 15.4. The van der Waals surface area contributed by atoms with E-state index in [1.165, 1.54) is 17.7 Å². The Kier molecular flexibility index (Phi) is 4.32. The van der Waals surface area contributed by atoms with Crippen LogP contribution in [0.25, 0.3) is 10.6 Å². The normalized spacial score (nSPS) is 10.6. The number of benzene rings is 1. The molecule has 0 fully saturated rings. The van der Waals surface area contributed by atoms with Crippen LogP contribution in [0.2, 0.25) is 0 Å². The number of oxazole rings is 1. The molecule has 112 valence electrons. The number of rotatable bonds is 5. The van der Waals surface area contributed by atoms with Crippen LogP contribution in [0.4, 0.5) is 5.69 Å². The predicted molar refractivity (Wildman–Crippen MR) is 85.0 cm³/mol. The van der Waals surface area contributed by atoms with E-state index in [1.807, 2.05) is 29.6 Å². The van der Waals surface area contributed by atoms with E-state index in [4.69, 9.17) is 9.52 Å². The first-order chi connectivity index (χ1) is 10.8. The minimum Gasteiger partial charge on any atom is -0.442 e. The van der Waals surface area contributed by atoms with Gasteiger partial charge in [-0.25, -0.2) is 4.98 Å². The highest BCUT2D eigenvalue weighted by Gasteiger charge is 2.19. The molecule has 0 bridgehead atoms. The molecule has 3 rings (SSSR count). The zero-order valence-electron chi connectivity index (χ0n) is 11.7. The topological polar surface area (TPSA) is 75.4 Å². The third-order valence-electron chi connectivity index (χ3n) is 3.14. The second kappa shape index (κ2) is 6.55. The van der Waals surface area contributed by atoms with E-state index in [-0.39, 0.29) is 18.2 Å². The van der Waals surface area contributed by atoms with Crippen molar-refractivity contribution in [1.29, 1.82) is 0 Å². The molecule has 0 aliphatic carbocycles. The molecule has 3 aromatic rings. The summed E-state index contributed by atoms with van der Waals surface area (Å²) in [6.07, 6.45) is 1.87. The van der Waals surface area contributed by atoms with E-state index in [9.17, 15) is 4.79 Å². The van der Waals surface area contributed by atoms with Crippen molar-refractivity contribution < 1.29 is 14.3 Å². The summed E-state index contributed by atoms with van der Waals surface area (Å²) in [5.41, 5.74) is 1.95. The Bertz CT molecular complexity index is 748. The van der Waals surface area contributed by atoms with Gasteiger partial charge in [0, 0.05) is 12.3 Å². The number of aliphatic hydroxyl groups excluding tert-OH is 1. The number of amides is 1. The van der Waals surface area contributed by atoms with Gasteiger partial charge in [-0.05, 0) is 35.6 Å². The molecule has 0 spiro atoms. The fraction of sp³-hybridized carbons (Fsp3) is 0.125. The fourth-order valence-electron chi connectivity index (χ4n) is 2.06. The maximum atomic E-state index is 12.3. The van der Waals surface area contributed by atoms with Gasteiger partial charge in [-0.2, -0.15) is 0 Å². The molecular formula is C16H14N2O3S. The van der Waals surface area contributed by atoms with E-state index in [2.05, 4.69) is 10.3 Å². The van der Waals surface area contributed by atoms with Crippen LogP contribution < -0.4 is 5.32 Å². The average molecular weight is 314 g/mol. The molecule has 0 saturated carbocycles. The van der Waals surface area contributed by atoms with Gasteiger partial charge >= 0.3 is 0 Å². The van der Waals surface area contributed by atoms with Gasteiger partial charge in [0.1, 0.15) is 0 Å². The molecule has 0 aliphatic heterocycles. The first-order valence-corrected chi connectivity index (χ1v) is 7.64. The van der Waals surface area contributed by atoms with Crippen LogP contribution in [0.3, 0.4) is 0 Å². The summed E-state index contributed by atoms with van der Waals surface area (Å²) in [4.78, 5) is 17.2. The zero-order valence-corrected chi connectivity index (χ0v) is 12.5. The minimum absolute atomic E-state index is 0.106. The third kappa shape index (κ3) is 3.08. The SMILES string of the molecule is O=C(Nc1ccc(CCO)cc1)c1ncoc1-c1cccs1. The number of nitrogens with zero attached hydrogens (tertiary/aromatic N) is 1. The van der Waals surface area contributed by atoms with E-state index in [0.717, 1.165) is 10.4 Å². The Labute approximate surface area is 131 Å². The van der Waals surface area contributed by atoms with Crippen LogP contribution in [0.5, 0.6) is 0 Å². The highest BCUT2D eigenvalue weighted by atomic mass is 32.1. The van der Waals surface area contributed by atoms with Crippen molar-refractivity contribution in [1.82, 2.24) is 4.98 Å². The summed E-state index contributed by atoms with van der Waals surface area (Å²) in [5.74, 6) is 0.163. The number of anilines is 1. The Balaban J connectivity index is 1.76. The molecule has 0 aliphatic rings. The Hall–Kier alpha value is -2.44. The second-order valence-electron chi connectivity index (χ2n) is 4.63. The van der Waals surface area contributed by atoms with E-state index >= 15 is 0 Å². The third-order valence-corrected chi connectivity index (χ3v) is 4.01. The monoisotopic (exact) mass is 314 g/mol. The van der Waals surface area contributed by atoms with E-state index in [1.54, 1.807) is 12.1 Å². The maximum Gasteiger partial charge on any atom is 0.278 e. The van der Waals surface area contributed by atoms with Gasteiger partial charge in [-0.3, -0.25) is 4.79 Å². The van der Waals surface area contributed by atoms with Gasteiger partial charge in [0.05, 0.1) is 4.88 Å². The first kappa shape index (κ1) is 14.5. The highest BCUT2D eigenvalue weighted by Crippen LogP contribution is 2.28. The Morgan fingerprint density at radius 3 is 2.77 bits per heavy atom. The summed E-state index contributed by atoms with van der Waals surface area (Å²) >= 11 is 1.49. The molecule has 0 radical (unpaired) electrons. The molecule has 22 heavy (non-hydrogen) atoms. The van der Waals surface area contributed by atoms with Gasteiger partial charge in [0.25, 0.3) is 5.91 Å². The largest absolute Gasteiger partial charge is 0.442 e. The number of nitrogens with one attached hydrogen (secondary N) is 1. The van der Waals surface area contributed by atoms with Crippen LogP contribution in [0.15, 0.2) is 52.6 Å². The van der Waals surface area contributed by atoms with Crippen molar-refractivity contribution in [3.63, 3.8) is 0 Å². The number of thiophene rings is 1. The summed E-state index contributed by atoms with van der Waals surface area (Å²) < 4.78 is 5.33. The maximum absolute atomic E-state index is 12.3. The molecule has 0 saturated heterocycles. The molecule has 2 N–H and O–H groups in total. The van der Waals surface area contributed by atoms with Crippen molar-refractivity contribution in [3.8, 4) is 10.6 Å². The molecule has 5 nitrogen and oxygen atoms in total. The van der Waals surface area contributed by atoms with Crippen LogP contribution in [0.1, 0.15) is 16.1 Å². The van der Waals surface area contributed by atoms with Gasteiger partial charge in [-0.1, -0.05) is 18.2 Å². The standard InChI is InChI=1S/C16H14N2O3S/c19-8-7-11-3-5-12(6-4-11)18-16(20)14-15(21-10-17-14)13-2-1-9-22-13/h1-6,9-10,19H,7-8H2,(H,18,20). The van der Waals surface area contributed by atoms with Crippen molar-refractivity contribution >= 4 is 22.9 Å². The predicted octanol–water partition coefficient (Wildman–Crippen LogP) is 3.19. The van der Waals surface area contributed by atoms with Crippen molar-refractivity contribution in [2.75, 3.05) is 11.9 Å². The van der Waals surface area contributed by atoms with Gasteiger partial charge in [-0.15, -0.1) is 11.3 Å². The summed E-state index contributed by atoms with van der Waals surface area (Å²) in [7, 11) is 0. The molecule has 0 unspecified atom stereocenters. The molecule has 0 atom stereocenters. The second-order valence-corrected chi connectivity index (χ2v) is 5.58. The lowest BCUT2D eigenvalue weighted by Gasteiger charge is -2.05. The van der Waals surface area contributed by atoms with E-state index < -0.39 is 0 Å². The first-order valence-electron chi connectivity index (χ1n) is 6.76. The van der Waals surface area contributed by atoms with Crippen LogP contribution in [-0.4, -0.2) is 22.6 Å². The highest BCUT2D eigenvalue weighted by molar-refractivity contribution is 7.13. The molecule has 1 aromatic carbocycles. The van der Waals surface area contributed by atoms with Gasteiger partial charge < -0.3 is 14.8 Å². The fourth-order valence-corrected chi connectivity index (χ4v) is 2.78. The summed E-state index contributed by atoms with van der Waals surface area (Å²) in [5, 5.41) is 13.6. The smallest absolute Gasteiger partial charge is 0.278 e. The average Bonchev–Trinajstić information content (AvgIpc) is 3.20. The minimum atomic E-state index is -0.313.